The molecule has 0 unspecified atom stereocenters. The number of carboxylic acid groups (broad SMARTS) is 1. The summed E-state index contributed by atoms with van der Waals surface area (Å²) in [5.41, 5.74) is 7.40. The third-order valence-electron chi connectivity index (χ3n) is 6.60. The predicted molar refractivity (Wildman–Crippen MR) is 156 cm³/mol. The van der Waals surface area contributed by atoms with Crippen molar-refractivity contribution in [3.8, 4) is 0 Å². The van der Waals surface area contributed by atoms with Gasteiger partial charge in [0.2, 0.25) is 23.6 Å². The number of aliphatic carboxylic acids is 1. The fourth-order valence-corrected chi connectivity index (χ4v) is 4.19. The molecule has 0 fully saturated rings. The van der Waals surface area contributed by atoms with Gasteiger partial charge in [0.25, 0.3) is 0 Å². The Bertz CT molecular complexity index is 1320. The normalized spacial score (nSPS) is 14.6. The summed E-state index contributed by atoms with van der Waals surface area (Å²) in [6.07, 6.45) is 1.67. The number of H-pyrrole nitrogens is 1. The van der Waals surface area contributed by atoms with Crippen LogP contribution >= 0.6 is 0 Å². The fourth-order valence-electron chi connectivity index (χ4n) is 4.19. The maximum Gasteiger partial charge on any atom is 0.303 e. The summed E-state index contributed by atoms with van der Waals surface area (Å²) < 4.78 is 0. The molecule has 0 aliphatic carbocycles. The lowest BCUT2D eigenvalue weighted by atomic mass is 10.0. The highest BCUT2D eigenvalue weighted by atomic mass is 16.4. The number of carbonyl (C=O) groups is 6. The van der Waals surface area contributed by atoms with Gasteiger partial charge in [-0.15, -0.1) is 0 Å². The number of aromatic amines is 1. The predicted octanol–water partition coefficient (Wildman–Crippen LogP) is 0.293. The van der Waals surface area contributed by atoms with Gasteiger partial charge in [-0.2, -0.15) is 0 Å². The molecule has 1 heterocycles. The molecule has 2 rings (SSSR count). The van der Waals surface area contributed by atoms with Crippen LogP contribution in [0.2, 0.25) is 0 Å². The molecular weight excluding hydrogens is 544 g/mol. The lowest BCUT2D eigenvalue weighted by Crippen LogP contribution is -2.59. The van der Waals surface area contributed by atoms with Gasteiger partial charge in [-0.25, -0.2) is 0 Å². The summed E-state index contributed by atoms with van der Waals surface area (Å²) in [7, 11) is 0. The van der Waals surface area contributed by atoms with Crippen LogP contribution in [0, 0.1) is 5.92 Å². The van der Waals surface area contributed by atoms with Gasteiger partial charge in [-0.05, 0) is 43.4 Å². The molecule has 0 spiro atoms. The zero-order valence-corrected chi connectivity index (χ0v) is 24.2. The smallest absolute Gasteiger partial charge is 0.303 e. The van der Waals surface area contributed by atoms with Crippen molar-refractivity contribution in [2.45, 2.75) is 77.2 Å². The number of rotatable bonds is 16. The van der Waals surface area contributed by atoms with Crippen LogP contribution in [0.5, 0.6) is 0 Å². The number of carboxylic acids is 1. The molecule has 0 bridgehead atoms. The fraction of sp³-hybridized carbons (Fsp3) is 0.448. The monoisotopic (exact) mass is 584 g/mol. The van der Waals surface area contributed by atoms with E-state index >= 15 is 0 Å². The van der Waals surface area contributed by atoms with Gasteiger partial charge in [-0.3, -0.25) is 24.0 Å². The van der Waals surface area contributed by atoms with Crippen LogP contribution in [0.3, 0.4) is 0 Å². The Hall–Kier alpha value is -4.52. The van der Waals surface area contributed by atoms with Crippen molar-refractivity contribution in [1.82, 2.24) is 26.3 Å². The SMILES string of the molecule is C=C(C)[C@H](NC(=O)[C@H](NC(=O)[C@H](C)N)C(C)C)C(=O)N[C@H](Cc1c[nH]c2ccccc12)C(=O)N[C@@H](C=O)CCC(=O)O. The number of hydrogen-bond acceptors (Lipinski definition) is 7. The standard InChI is InChI=1S/C29H40N6O7/c1-15(2)24(35-29(42)25(16(3)4)34-26(39)17(5)30)28(41)33-22(27(40)32-19(14-36)10-11-23(37)38)12-18-13-31-21-9-7-6-8-20(18)21/h6-9,13-14,16-17,19,22,24-25,31H,1,10-12,30H2,2-5H3,(H,32,40)(H,33,41)(H,34,39)(H,35,42)(H,37,38)/t17-,19+,22+,24-,25+/m0/s1. The summed E-state index contributed by atoms with van der Waals surface area (Å²) in [6, 6.07) is 1.95. The highest BCUT2D eigenvalue weighted by Gasteiger charge is 2.32. The van der Waals surface area contributed by atoms with Crippen LogP contribution in [0.15, 0.2) is 42.6 Å². The number of fused-ring (bicyclic) bond motifs is 1. The number of benzene rings is 1. The lowest BCUT2D eigenvalue weighted by molar-refractivity contribution is -0.137. The Morgan fingerprint density at radius 3 is 2.21 bits per heavy atom. The molecule has 13 heteroatoms. The lowest BCUT2D eigenvalue weighted by Gasteiger charge is -2.27. The van der Waals surface area contributed by atoms with E-state index in [1.165, 1.54) is 13.8 Å². The Kier molecular flexibility index (Phi) is 12.4. The summed E-state index contributed by atoms with van der Waals surface area (Å²) in [5, 5.41) is 20.1. The van der Waals surface area contributed by atoms with Crippen molar-refractivity contribution in [1.29, 1.82) is 0 Å². The van der Waals surface area contributed by atoms with E-state index in [-0.39, 0.29) is 30.8 Å². The van der Waals surface area contributed by atoms with Crippen molar-refractivity contribution in [3.63, 3.8) is 0 Å². The number of nitrogens with two attached hydrogens (primary N) is 1. The molecule has 0 radical (unpaired) electrons. The van der Waals surface area contributed by atoms with Crippen LogP contribution in [0.4, 0.5) is 0 Å². The number of aromatic nitrogens is 1. The van der Waals surface area contributed by atoms with Gasteiger partial charge in [-0.1, -0.05) is 38.6 Å². The zero-order chi connectivity index (χ0) is 31.6. The first kappa shape index (κ1) is 33.7. The summed E-state index contributed by atoms with van der Waals surface area (Å²) in [6.45, 7) is 10.2. The first-order valence-corrected chi connectivity index (χ1v) is 13.6. The number of carbonyl (C=O) groups excluding carboxylic acids is 5. The van der Waals surface area contributed by atoms with Gasteiger partial charge in [0.05, 0.1) is 12.1 Å². The Morgan fingerprint density at radius 1 is 0.976 bits per heavy atom. The quantitative estimate of drug-likeness (QED) is 0.107. The van der Waals surface area contributed by atoms with Gasteiger partial charge in [0, 0.05) is 29.9 Å². The molecule has 0 saturated carbocycles. The van der Waals surface area contributed by atoms with Crippen LogP contribution in [0.1, 0.15) is 46.1 Å². The zero-order valence-electron chi connectivity index (χ0n) is 24.2. The van der Waals surface area contributed by atoms with Gasteiger partial charge >= 0.3 is 5.97 Å². The molecule has 4 amide bonds. The first-order valence-electron chi connectivity index (χ1n) is 13.6. The van der Waals surface area contributed by atoms with Crippen LogP contribution in [-0.4, -0.2) is 76.2 Å². The molecule has 228 valence electrons. The summed E-state index contributed by atoms with van der Waals surface area (Å²) in [5.74, 6) is -4.11. The minimum Gasteiger partial charge on any atom is -0.481 e. The first-order chi connectivity index (χ1) is 19.7. The van der Waals surface area contributed by atoms with E-state index in [1.807, 2.05) is 24.3 Å². The number of amides is 4. The van der Waals surface area contributed by atoms with Gasteiger partial charge in [0.1, 0.15) is 24.4 Å². The van der Waals surface area contributed by atoms with E-state index in [4.69, 9.17) is 10.8 Å². The van der Waals surface area contributed by atoms with E-state index in [9.17, 15) is 28.8 Å². The molecule has 5 atom stereocenters. The van der Waals surface area contributed by atoms with Crippen molar-refractivity contribution in [2.75, 3.05) is 0 Å². The topological polar surface area (TPSA) is 213 Å². The van der Waals surface area contributed by atoms with Crippen LogP contribution in [0.25, 0.3) is 10.9 Å². The third-order valence-corrected chi connectivity index (χ3v) is 6.60. The number of nitrogens with one attached hydrogen (secondary N) is 5. The van der Waals surface area contributed by atoms with E-state index in [1.54, 1.807) is 20.0 Å². The minimum atomic E-state index is -1.27. The largest absolute Gasteiger partial charge is 0.481 e. The highest BCUT2D eigenvalue weighted by Crippen LogP contribution is 2.19. The Labute approximate surface area is 244 Å². The molecule has 13 nitrogen and oxygen atoms in total. The minimum absolute atomic E-state index is 0.0159. The van der Waals surface area contributed by atoms with Crippen molar-refractivity contribution in [2.24, 2.45) is 11.7 Å². The summed E-state index contributed by atoms with van der Waals surface area (Å²) >= 11 is 0. The van der Waals surface area contributed by atoms with Crippen molar-refractivity contribution in [3.05, 3.63) is 48.2 Å². The average molecular weight is 585 g/mol. The van der Waals surface area contributed by atoms with Crippen LogP contribution < -0.4 is 27.0 Å². The van der Waals surface area contributed by atoms with E-state index in [0.29, 0.717) is 11.8 Å². The van der Waals surface area contributed by atoms with Gasteiger partial charge < -0.3 is 41.9 Å². The molecule has 2 aromatic rings. The van der Waals surface area contributed by atoms with Gasteiger partial charge in [0.15, 0.2) is 0 Å². The molecule has 1 aromatic carbocycles. The van der Waals surface area contributed by atoms with Crippen molar-refractivity contribution < 1.29 is 33.9 Å². The second-order valence-electron chi connectivity index (χ2n) is 10.6. The molecular formula is C29H40N6O7. The Morgan fingerprint density at radius 2 is 1.64 bits per heavy atom. The molecule has 0 aliphatic heterocycles. The average Bonchev–Trinajstić information content (AvgIpc) is 3.33. The van der Waals surface area contributed by atoms with Crippen LogP contribution in [-0.2, 0) is 35.2 Å². The highest BCUT2D eigenvalue weighted by molar-refractivity contribution is 5.97. The van der Waals surface area contributed by atoms with E-state index in [0.717, 1.165) is 10.9 Å². The van der Waals surface area contributed by atoms with E-state index in [2.05, 4.69) is 32.8 Å². The Balaban J connectivity index is 2.31. The molecule has 8 N–H and O–H groups in total. The molecule has 1 aromatic heterocycles. The number of aldehydes is 1. The second-order valence-corrected chi connectivity index (χ2v) is 10.6. The van der Waals surface area contributed by atoms with Crippen molar-refractivity contribution >= 4 is 46.8 Å². The number of para-hydroxylation sites is 1. The maximum atomic E-state index is 13.5. The van der Waals surface area contributed by atoms with E-state index < -0.39 is 59.8 Å². The molecule has 0 aliphatic rings. The molecule has 42 heavy (non-hydrogen) atoms. The number of hydrogen-bond donors (Lipinski definition) is 7. The third kappa shape index (κ3) is 9.54. The molecule has 0 saturated heterocycles. The second kappa shape index (κ2) is 15.5. The summed E-state index contributed by atoms with van der Waals surface area (Å²) in [4.78, 5) is 77.8. The maximum absolute atomic E-state index is 13.5.